The van der Waals surface area contributed by atoms with Gasteiger partial charge in [-0.1, -0.05) is 0 Å². The molecule has 0 radical (unpaired) electrons. The maximum atomic E-state index is 11.3. The quantitative estimate of drug-likeness (QED) is 0.652. The Kier molecular flexibility index (Phi) is 6.47. The zero-order valence-corrected chi connectivity index (χ0v) is 14.5. The number of aliphatic carboxylic acids is 1. The molecule has 0 fully saturated rings. The molecule has 8 heteroatoms. The van der Waals surface area contributed by atoms with E-state index in [1.54, 1.807) is 26.2 Å². The molecule has 0 unspecified atom stereocenters. The highest BCUT2D eigenvalue weighted by molar-refractivity contribution is 8.14. The van der Waals surface area contributed by atoms with Crippen molar-refractivity contribution >= 4 is 22.8 Å². The van der Waals surface area contributed by atoms with Crippen molar-refractivity contribution < 1.29 is 29.2 Å². The fourth-order valence-electron chi connectivity index (χ4n) is 1.98. The van der Waals surface area contributed by atoms with Crippen molar-refractivity contribution in [2.75, 3.05) is 39.3 Å². The van der Waals surface area contributed by atoms with E-state index in [0.29, 0.717) is 48.5 Å². The van der Waals surface area contributed by atoms with E-state index in [4.69, 9.17) is 14.2 Å². The second-order valence-corrected chi connectivity index (χ2v) is 6.38. The Hall–Kier alpha value is -1.77. The number of aromatic hydroxyl groups is 1. The smallest absolute Gasteiger partial charge is 0.332 e. The largest absolute Gasteiger partial charge is 0.507 e. The predicted molar refractivity (Wildman–Crippen MR) is 91.3 cm³/mol. The molecule has 1 atom stereocenters. The Bertz CT molecular complexity index is 621. The summed E-state index contributed by atoms with van der Waals surface area (Å²) in [4.78, 5) is 15.5. The average Bonchev–Trinajstić information content (AvgIpc) is 2.96. The Balaban J connectivity index is 2.00. The van der Waals surface area contributed by atoms with Gasteiger partial charge >= 0.3 is 5.97 Å². The third-order valence-corrected chi connectivity index (χ3v) is 4.72. The first kappa shape index (κ1) is 18.6. The zero-order chi connectivity index (χ0) is 17.6. The van der Waals surface area contributed by atoms with Gasteiger partial charge in [0.15, 0.2) is 5.54 Å². The third kappa shape index (κ3) is 4.62. The highest BCUT2D eigenvalue weighted by atomic mass is 32.2. The van der Waals surface area contributed by atoms with E-state index >= 15 is 0 Å². The number of aliphatic imine (C=N–C) groups is 1. The number of thioether (sulfide) groups is 1. The number of methoxy groups -OCH3 is 1. The van der Waals surface area contributed by atoms with Crippen LogP contribution >= 0.6 is 11.8 Å². The van der Waals surface area contributed by atoms with Crippen LogP contribution in [0.1, 0.15) is 12.5 Å². The summed E-state index contributed by atoms with van der Waals surface area (Å²) in [5.74, 6) is -0.0507. The summed E-state index contributed by atoms with van der Waals surface area (Å²) in [6.45, 7) is 3.38. The summed E-state index contributed by atoms with van der Waals surface area (Å²) in [5.41, 5.74) is -0.693. The van der Waals surface area contributed by atoms with Gasteiger partial charge in [0.25, 0.3) is 0 Å². The second kappa shape index (κ2) is 8.36. The monoisotopic (exact) mass is 355 g/mol. The van der Waals surface area contributed by atoms with Gasteiger partial charge in [-0.3, -0.25) is 4.99 Å². The van der Waals surface area contributed by atoms with Crippen LogP contribution in [0.5, 0.6) is 11.5 Å². The summed E-state index contributed by atoms with van der Waals surface area (Å²) < 4.78 is 15.8. The normalized spacial score (nSPS) is 20.0. The summed E-state index contributed by atoms with van der Waals surface area (Å²) in [5, 5.41) is 19.8. The van der Waals surface area contributed by atoms with Crippen LogP contribution in [0.25, 0.3) is 0 Å². The van der Waals surface area contributed by atoms with Gasteiger partial charge in [-0.15, -0.1) is 11.8 Å². The molecule has 1 aromatic rings. The molecular formula is C16H21NO6S. The molecule has 0 aliphatic carbocycles. The lowest BCUT2D eigenvalue weighted by molar-refractivity contribution is -0.141. The number of nitrogens with zero attached hydrogens (tertiary/aromatic N) is 1. The van der Waals surface area contributed by atoms with Gasteiger partial charge in [0.05, 0.1) is 25.4 Å². The molecule has 2 N–H and O–H groups in total. The van der Waals surface area contributed by atoms with Gasteiger partial charge in [0.1, 0.15) is 23.1 Å². The van der Waals surface area contributed by atoms with Crippen LogP contribution in [-0.2, 0) is 14.3 Å². The van der Waals surface area contributed by atoms with Gasteiger partial charge in [0, 0.05) is 12.9 Å². The first-order valence-corrected chi connectivity index (χ1v) is 8.44. The van der Waals surface area contributed by atoms with Crippen LogP contribution in [0.4, 0.5) is 0 Å². The number of rotatable bonds is 9. The number of ether oxygens (including phenoxy) is 3. The van der Waals surface area contributed by atoms with Gasteiger partial charge < -0.3 is 24.4 Å². The first-order valence-electron chi connectivity index (χ1n) is 7.45. The van der Waals surface area contributed by atoms with Crippen LogP contribution in [0.3, 0.4) is 0 Å². The molecule has 24 heavy (non-hydrogen) atoms. The van der Waals surface area contributed by atoms with Crippen molar-refractivity contribution in [2.24, 2.45) is 4.99 Å². The van der Waals surface area contributed by atoms with E-state index in [1.807, 2.05) is 0 Å². The fourth-order valence-corrected chi connectivity index (χ4v) is 3.17. The zero-order valence-electron chi connectivity index (χ0n) is 13.7. The molecule has 1 aromatic carbocycles. The molecule has 0 saturated heterocycles. The molecule has 132 valence electrons. The van der Waals surface area contributed by atoms with Crippen LogP contribution in [0.2, 0.25) is 0 Å². The predicted octanol–water partition coefficient (Wildman–Crippen LogP) is 1.77. The standard InChI is InChI=1S/C16H21NO6S/c1-16(15(19)20)10-24-14(17-16)12-9-11(3-4-13(12)18)23-8-7-22-6-5-21-2/h3-4,9,18H,5-8,10H2,1-2H3,(H,19,20)/t16-/m1/s1. The maximum absolute atomic E-state index is 11.3. The van der Waals surface area contributed by atoms with E-state index in [9.17, 15) is 15.0 Å². The van der Waals surface area contributed by atoms with Gasteiger partial charge in [-0.25, -0.2) is 4.79 Å². The average molecular weight is 355 g/mol. The van der Waals surface area contributed by atoms with Crippen molar-refractivity contribution in [3.05, 3.63) is 23.8 Å². The number of phenolic OH excluding ortho intramolecular Hbond substituents is 1. The van der Waals surface area contributed by atoms with E-state index in [1.165, 1.54) is 17.8 Å². The van der Waals surface area contributed by atoms with E-state index < -0.39 is 11.5 Å². The maximum Gasteiger partial charge on any atom is 0.332 e. The summed E-state index contributed by atoms with van der Waals surface area (Å²) in [7, 11) is 1.61. The fraction of sp³-hybridized carbons (Fsp3) is 0.500. The Labute approximate surface area is 144 Å². The molecule has 7 nitrogen and oxygen atoms in total. The van der Waals surface area contributed by atoms with Crippen molar-refractivity contribution in [3.63, 3.8) is 0 Å². The van der Waals surface area contributed by atoms with Crippen molar-refractivity contribution in [1.82, 2.24) is 0 Å². The highest BCUT2D eigenvalue weighted by Crippen LogP contribution is 2.35. The lowest BCUT2D eigenvalue weighted by atomic mass is 10.1. The van der Waals surface area contributed by atoms with Crippen LogP contribution in [-0.4, -0.2) is 66.1 Å². The van der Waals surface area contributed by atoms with Crippen molar-refractivity contribution in [2.45, 2.75) is 12.5 Å². The molecule has 0 saturated carbocycles. The van der Waals surface area contributed by atoms with Crippen LogP contribution < -0.4 is 4.74 Å². The van der Waals surface area contributed by atoms with Crippen LogP contribution in [0, 0.1) is 0 Å². The molecule has 0 bridgehead atoms. The van der Waals surface area contributed by atoms with Gasteiger partial charge in [-0.05, 0) is 25.1 Å². The number of hydrogen-bond donors (Lipinski definition) is 2. The lowest BCUT2D eigenvalue weighted by Gasteiger charge is -2.12. The number of carboxylic acid groups (broad SMARTS) is 1. The Morgan fingerprint density at radius 2 is 2.08 bits per heavy atom. The molecule has 1 heterocycles. The van der Waals surface area contributed by atoms with Crippen molar-refractivity contribution in [3.8, 4) is 11.5 Å². The number of hydrogen-bond acceptors (Lipinski definition) is 7. The van der Waals surface area contributed by atoms with Gasteiger partial charge in [0.2, 0.25) is 0 Å². The SMILES string of the molecule is COCCOCCOc1ccc(O)c(C2=N[C@@](C)(C(=O)O)CS2)c1. The topological polar surface area (TPSA) is 97.6 Å². The van der Waals surface area contributed by atoms with Gasteiger partial charge in [-0.2, -0.15) is 0 Å². The minimum atomic E-state index is -1.17. The Morgan fingerprint density at radius 1 is 1.33 bits per heavy atom. The lowest BCUT2D eigenvalue weighted by Crippen LogP contribution is -2.33. The molecular weight excluding hydrogens is 334 g/mol. The molecule has 0 spiro atoms. The van der Waals surface area contributed by atoms with Crippen LogP contribution in [0.15, 0.2) is 23.2 Å². The third-order valence-electron chi connectivity index (χ3n) is 3.43. The molecule has 1 aliphatic rings. The van der Waals surface area contributed by atoms with E-state index in [2.05, 4.69) is 4.99 Å². The molecule has 0 aromatic heterocycles. The van der Waals surface area contributed by atoms with Crippen molar-refractivity contribution in [1.29, 1.82) is 0 Å². The Morgan fingerprint density at radius 3 is 2.75 bits per heavy atom. The number of carbonyl (C=O) groups is 1. The number of carboxylic acids is 1. The number of benzene rings is 1. The second-order valence-electron chi connectivity index (χ2n) is 5.42. The highest BCUT2D eigenvalue weighted by Gasteiger charge is 2.39. The summed E-state index contributed by atoms with van der Waals surface area (Å²) in [6, 6.07) is 4.81. The summed E-state index contributed by atoms with van der Waals surface area (Å²) in [6.07, 6.45) is 0. The minimum absolute atomic E-state index is 0.0413. The number of phenols is 1. The van der Waals surface area contributed by atoms with E-state index in [0.717, 1.165) is 0 Å². The first-order chi connectivity index (χ1) is 11.5. The minimum Gasteiger partial charge on any atom is -0.507 e. The molecule has 2 rings (SSSR count). The molecule has 1 aliphatic heterocycles. The van der Waals surface area contributed by atoms with E-state index in [-0.39, 0.29) is 5.75 Å². The molecule has 0 amide bonds. The summed E-state index contributed by atoms with van der Waals surface area (Å²) >= 11 is 1.31.